The van der Waals surface area contributed by atoms with Crippen molar-refractivity contribution in [3.63, 3.8) is 0 Å². The van der Waals surface area contributed by atoms with Gasteiger partial charge < -0.3 is 30.6 Å². The highest BCUT2D eigenvalue weighted by molar-refractivity contribution is 7.22. The highest BCUT2D eigenvalue weighted by Gasteiger charge is 2.25. The Morgan fingerprint density at radius 2 is 1.56 bits per heavy atom. The molecule has 0 saturated carbocycles. The summed E-state index contributed by atoms with van der Waals surface area (Å²) in [6.45, 7) is 9.82. The summed E-state index contributed by atoms with van der Waals surface area (Å²) in [5, 5.41) is 6.42. The smallest absolute Gasteiger partial charge is 0.408 e. The molecule has 10 nitrogen and oxygen atoms in total. The Morgan fingerprint density at radius 1 is 0.900 bits per heavy atom. The van der Waals surface area contributed by atoms with Gasteiger partial charge in [-0.3, -0.25) is 14.5 Å². The van der Waals surface area contributed by atoms with Crippen LogP contribution in [-0.2, 0) is 20.7 Å². The number of benzene rings is 3. The molecule has 266 valence electrons. The molecule has 4 N–H and O–H groups in total. The van der Waals surface area contributed by atoms with Crippen molar-refractivity contribution in [2.45, 2.75) is 64.5 Å². The van der Waals surface area contributed by atoms with E-state index >= 15 is 0 Å². The van der Waals surface area contributed by atoms with Crippen LogP contribution in [0.1, 0.15) is 57.6 Å². The number of hydrogen-bond donors (Lipinski definition) is 3. The molecule has 1 aliphatic rings. The molecule has 0 radical (unpaired) electrons. The number of carbonyl (C=O) groups is 3. The van der Waals surface area contributed by atoms with E-state index in [2.05, 4.69) is 76.2 Å². The van der Waals surface area contributed by atoms with E-state index in [-0.39, 0.29) is 6.42 Å². The Bertz CT molecular complexity index is 1730. The third-order valence-electron chi connectivity index (χ3n) is 8.30. The Kier molecular flexibility index (Phi) is 12.7. The molecular weight excluding hydrogens is 653 g/mol. The molecule has 4 aromatic rings. The minimum Gasteiger partial charge on any atom is -0.494 e. The van der Waals surface area contributed by atoms with E-state index < -0.39 is 29.6 Å². The number of amides is 3. The Morgan fingerprint density at radius 3 is 2.24 bits per heavy atom. The summed E-state index contributed by atoms with van der Waals surface area (Å²) in [4.78, 5) is 39.9. The highest BCUT2D eigenvalue weighted by Crippen LogP contribution is 2.40. The maximum absolute atomic E-state index is 12.7. The first-order chi connectivity index (χ1) is 24.0. The van der Waals surface area contributed by atoms with E-state index in [0.29, 0.717) is 26.2 Å². The zero-order valence-corrected chi connectivity index (χ0v) is 30.0. The van der Waals surface area contributed by atoms with Gasteiger partial charge in [0.1, 0.15) is 29.7 Å². The van der Waals surface area contributed by atoms with Gasteiger partial charge in [-0.1, -0.05) is 30.3 Å². The van der Waals surface area contributed by atoms with Gasteiger partial charge in [-0.15, -0.1) is 11.3 Å². The van der Waals surface area contributed by atoms with Crippen LogP contribution in [0.5, 0.6) is 11.5 Å². The average molecular weight is 701 g/mol. The fourth-order valence-corrected chi connectivity index (χ4v) is 7.10. The summed E-state index contributed by atoms with van der Waals surface area (Å²) in [5.41, 5.74) is 8.19. The lowest BCUT2D eigenvalue weighted by molar-refractivity contribution is -0.127. The second-order valence-electron chi connectivity index (χ2n) is 13.5. The number of hydrogen-bond acceptors (Lipinski definition) is 8. The van der Waals surface area contributed by atoms with Crippen molar-refractivity contribution in [3.05, 3.63) is 83.9 Å². The minimum atomic E-state index is -1.13. The number of primary amides is 1. The lowest BCUT2D eigenvalue weighted by atomic mass is 9.99. The van der Waals surface area contributed by atoms with Crippen molar-refractivity contribution in [1.82, 2.24) is 15.5 Å². The summed E-state index contributed by atoms with van der Waals surface area (Å²) in [5.74, 6) is 0.402. The summed E-state index contributed by atoms with van der Waals surface area (Å²) >= 11 is 1.79. The van der Waals surface area contributed by atoms with Gasteiger partial charge in [0.2, 0.25) is 11.8 Å². The van der Waals surface area contributed by atoms with Gasteiger partial charge in [0.15, 0.2) is 0 Å². The maximum atomic E-state index is 12.7. The fourth-order valence-electron chi connectivity index (χ4n) is 5.87. The van der Waals surface area contributed by atoms with E-state index in [0.717, 1.165) is 30.0 Å². The molecule has 2 heterocycles. The molecule has 1 fully saturated rings. The molecule has 1 aliphatic heterocycles. The SMILES string of the molecule is CC(C)(C)OC(=O)NC(CC(N)=O)C(=O)NCCCOc1ccc(-c2sc3ccccc3c2Cc2ccc(OCCN3CCCC3)cc2)cc1. The van der Waals surface area contributed by atoms with Crippen LogP contribution in [0.15, 0.2) is 72.8 Å². The quantitative estimate of drug-likeness (QED) is 0.117. The number of likely N-dealkylation sites (tertiary alicyclic amines) is 1. The van der Waals surface area contributed by atoms with Crippen molar-refractivity contribution >= 4 is 39.3 Å². The molecule has 1 atom stereocenters. The van der Waals surface area contributed by atoms with Crippen LogP contribution >= 0.6 is 11.3 Å². The van der Waals surface area contributed by atoms with Gasteiger partial charge in [0.25, 0.3) is 0 Å². The van der Waals surface area contributed by atoms with Crippen LogP contribution in [-0.4, -0.2) is 73.8 Å². The normalized spacial score (nSPS) is 13.9. The summed E-state index contributed by atoms with van der Waals surface area (Å²) in [7, 11) is 0. The molecule has 1 unspecified atom stereocenters. The molecule has 1 saturated heterocycles. The standard InChI is InChI=1S/C39H48N4O6S/c1-39(2,3)49-38(46)42-33(26-35(40)44)37(45)41-19-8-23-47-30-17-13-28(14-18-30)36-32(31-9-4-5-10-34(31)50-36)25-27-11-15-29(16-12-27)48-24-22-43-20-6-7-21-43/h4-5,9-18,33H,6-8,19-26H2,1-3H3,(H2,40,44)(H,41,45)(H,42,46). The topological polar surface area (TPSA) is 132 Å². The van der Waals surface area contributed by atoms with Crippen molar-refractivity contribution in [2.24, 2.45) is 5.73 Å². The summed E-state index contributed by atoms with van der Waals surface area (Å²) in [6.07, 6.45) is 2.78. The van der Waals surface area contributed by atoms with Gasteiger partial charge in [0.05, 0.1) is 13.0 Å². The zero-order valence-electron chi connectivity index (χ0n) is 29.2. The molecule has 50 heavy (non-hydrogen) atoms. The molecule has 3 aromatic carbocycles. The molecule has 5 rings (SSSR count). The predicted octanol–water partition coefficient (Wildman–Crippen LogP) is 6.29. The first-order valence-electron chi connectivity index (χ1n) is 17.3. The first kappa shape index (κ1) is 36.7. The monoisotopic (exact) mass is 700 g/mol. The number of nitrogens with one attached hydrogen (secondary N) is 2. The molecule has 0 aliphatic carbocycles. The Hall–Kier alpha value is -4.61. The minimum absolute atomic E-state index is 0.291. The summed E-state index contributed by atoms with van der Waals surface area (Å²) in [6, 6.07) is 24.0. The van der Waals surface area contributed by atoms with Crippen LogP contribution in [0, 0.1) is 0 Å². The third kappa shape index (κ3) is 10.9. The van der Waals surface area contributed by atoms with Crippen molar-refractivity contribution in [2.75, 3.05) is 39.4 Å². The van der Waals surface area contributed by atoms with Gasteiger partial charge >= 0.3 is 6.09 Å². The van der Waals surface area contributed by atoms with Crippen molar-refractivity contribution in [1.29, 1.82) is 0 Å². The third-order valence-corrected chi connectivity index (χ3v) is 9.56. The molecule has 0 spiro atoms. The van der Waals surface area contributed by atoms with Gasteiger partial charge in [-0.2, -0.15) is 0 Å². The van der Waals surface area contributed by atoms with E-state index in [9.17, 15) is 14.4 Å². The largest absolute Gasteiger partial charge is 0.494 e. The first-order valence-corrected chi connectivity index (χ1v) is 18.1. The average Bonchev–Trinajstić information content (AvgIpc) is 3.72. The van der Waals surface area contributed by atoms with Gasteiger partial charge in [0, 0.05) is 22.7 Å². The van der Waals surface area contributed by atoms with Crippen LogP contribution in [0.2, 0.25) is 0 Å². The van der Waals surface area contributed by atoms with Crippen molar-refractivity contribution < 1.29 is 28.6 Å². The molecule has 1 aromatic heterocycles. The van der Waals surface area contributed by atoms with Crippen LogP contribution in [0.3, 0.4) is 0 Å². The van der Waals surface area contributed by atoms with Gasteiger partial charge in [-0.25, -0.2) is 4.79 Å². The lowest BCUT2D eigenvalue weighted by Gasteiger charge is -2.22. The molecule has 11 heteroatoms. The van der Waals surface area contributed by atoms with E-state index in [1.165, 1.54) is 52.0 Å². The Balaban J connectivity index is 1.13. The highest BCUT2D eigenvalue weighted by atomic mass is 32.1. The number of alkyl carbamates (subject to hydrolysis) is 1. The predicted molar refractivity (Wildman–Crippen MR) is 198 cm³/mol. The number of carbonyl (C=O) groups excluding carboxylic acids is 3. The molecule has 0 bridgehead atoms. The van der Waals surface area contributed by atoms with Crippen LogP contribution in [0.25, 0.3) is 20.5 Å². The fraction of sp³-hybridized carbons (Fsp3) is 0.410. The van der Waals surface area contributed by atoms with E-state index in [1.807, 2.05) is 12.1 Å². The second kappa shape index (κ2) is 17.4. The number of ether oxygens (including phenoxy) is 3. The van der Waals surface area contributed by atoms with Gasteiger partial charge in [-0.05, 0) is 124 Å². The second-order valence-corrected chi connectivity index (χ2v) is 14.6. The maximum Gasteiger partial charge on any atom is 0.408 e. The number of nitrogens with two attached hydrogens (primary N) is 1. The summed E-state index contributed by atoms with van der Waals surface area (Å²) < 4.78 is 18.4. The number of rotatable bonds is 16. The number of nitrogens with zero attached hydrogens (tertiary/aromatic N) is 1. The lowest BCUT2D eigenvalue weighted by Crippen LogP contribution is -2.50. The zero-order chi connectivity index (χ0) is 35.5. The van der Waals surface area contributed by atoms with Crippen molar-refractivity contribution in [3.8, 4) is 21.9 Å². The van der Waals surface area contributed by atoms with E-state index in [4.69, 9.17) is 19.9 Å². The number of thiophene rings is 1. The Labute approximate surface area is 298 Å². The van der Waals surface area contributed by atoms with E-state index in [1.54, 1.807) is 32.1 Å². The molecular formula is C39H48N4O6S. The van der Waals surface area contributed by atoms with Crippen LogP contribution in [0.4, 0.5) is 4.79 Å². The molecule has 3 amide bonds. The van der Waals surface area contributed by atoms with Crippen LogP contribution < -0.4 is 25.8 Å². The number of fused-ring (bicyclic) bond motifs is 1.